The number of sulfonamides is 1. The number of hydrogen-bond donors (Lipinski definition) is 1. The van der Waals surface area contributed by atoms with E-state index in [0.29, 0.717) is 35.3 Å². The Morgan fingerprint density at radius 3 is 2.65 bits per heavy atom. The van der Waals surface area contributed by atoms with Crippen molar-refractivity contribution in [3.63, 3.8) is 0 Å². The highest BCUT2D eigenvalue weighted by molar-refractivity contribution is 7.90. The maximum absolute atomic E-state index is 13.5. The van der Waals surface area contributed by atoms with Crippen LogP contribution in [0, 0.1) is 17.8 Å². The topological polar surface area (TPSA) is 84.9 Å². The van der Waals surface area contributed by atoms with E-state index in [1.807, 2.05) is 31.2 Å². The van der Waals surface area contributed by atoms with Crippen molar-refractivity contribution < 1.29 is 22.7 Å². The Balaban J connectivity index is 1.59. The van der Waals surface area contributed by atoms with Gasteiger partial charge < -0.3 is 14.4 Å². The minimum Gasteiger partial charge on any atom is -0.487 e. The van der Waals surface area contributed by atoms with Gasteiger partial charge in [0, 0.05) is 30.8 Å². The van der Waals surface area contributed by atoms with E-state index in [4.69, 9.17) is 21.1 Å². The molecular weight excluding hydrogens is 620 g/mol. The first kappa shape index (κ1) is 34.5. The number of rotatable bonds is 3. The molecule has 5 rings (SSSR count). The molecule has 0 spiro atoms. The summed E-state index contributed by atoms with van der Waals surface area (Å²) in [4.78, 5) is 15.8. The van der Waals surface area contributed by atoms with Gasteiger partial charge in [-0.25, -0.2) is 13.1 Å². The molecule has 0 radical (unpaired) electrons. The van der Waals surface area contributed by atoms with Crippen molar-refractivity contribution >= 4 is 33.2 Å². The zero-order chi connectivity index (χ0) is 33.1. The zero-order valence-electron chi connectivity index (χ0n) is 27.9. The lowest BCUT2D eigenvalue weighted by atomic mass is 9.63. The predicted octanol–water partition coefficient (Wildman–Crippen LogP) is 7.87. The minimum atomic E-state index is -3.93. The summed E-state index contributed by atoms with van der Waals surface area (Å²) in [6.07, 6.45) is 12.8. The SMILES string of the molecule is CO[C@]1(CC=C(C)C)/C=C/C[C@H](C)C(C)S(=O)(=O)NC(=O)c2ccc3c(c2)N(CCCCc2cc(Cl)ccc2CO3)C[C@@H]2CCC21. The molecular formula is C37H49ClN2O5S. The van der Waals surface area contributed by atoms with Crippen molar-refractivity contribution in [2.45, 2.75) is 90.1 Å². The number of carbonyl (C=O) groups excluding carboxylic acids is 1. The average molecular weight is 669 g/mol. The van der Waals surface area contributed by atoms with Gasteiger partial charge in [-0.2, -0.15) is 0 Å². The van der Waals surface area contributed by atoms with E-state index in [2.05, 4.69) is 41.7 Å². The van der Waals surface area contributed by atoms with Crippen LogP contribution in [0.3, 0.4) is 0 Å². The predicted molar refractivity (Wildman–Crippen MR) is 186 cm³/mol. The van der Waals surface area contributed by atoms with Crippen LogP contribution in [0.25, 0.3) is 0 Å². The second kappa shape index (κ2) is 14.5. The van der Waals surface area contributed by atoms with Gasteiger partial charge in [0.25, 0.3) is 5.91 Å². The van der Waals surface area contributed by atoms with Gasteiger partial charge in [0.1, 0.15) is 12.4 Å². The Labute approximate surface area is 280 Å². The summed E-state index contributed by atoms with van der Waals surface area (Å²) in [6, 6.07) is 11.2. The van der Waals surface area contributed by atoms with Crippen molar-refractivity contribution in [2.24, 2.45) is 17.8 Å². The molecule has 0 aromatic heterocycles. The summed E-state index contributed by atoms with van der Waals surface area (Å²) in [5, 5.41) is -0.0531. The zero-order valence-corrected chi connectivity index (χ0v) is 29.4. The number of benzene rings is 2. The van der Waals surface area contributed by atoms with Gasteiger partial charge in [-0.15, -0.1) is 0 Å². The number of ether oxygens (including phenoxy) is 2. The molecule has 2 heterocycles. The lowest BCUT2D eigenvalue weighted by Crippen LogP contribution is -2.51. The third kappa shape index (κ3) is 7.66. The lowest BCUT2D eigenvalue weighted by molar-refractivity contribution is -0.0729. The van der Waals surface area contributed by atoms with Crippen LogP contribution in [0.2, 0.25) is 5.02 Å². The fourth-order valence-corrected chi connectivity index (χ4v) is 8.54. The fourth-order valence-electron chi connectivity index (χ4n) is 7.06. The highest BCUT2D eigenvalue weighted by Gasteiger charge is 2.46. The fraction of sp³-hybridized carbons (Fsp3) is 0.541. The van der Waals surface area contributed by atoms with Crippen LogP contribution in [0.15, 0.2) is 60.2 Å². The van der Waals surface area contributed by atoms with Crippen LogP contribution in [0.4, 0.5) is 5.69 Å². The third-order valence-electron chi connectivity index (χ3n) is 10.4. The minimum absolute atomic E-state index is 0.210. The number of anilines is 1. The van der Waals surface area contributed by atoms with Gasteiger partial charge in [0.05, 0.1) is 16.5 Å². The van der Waals surface area contributed by atoms with E-state index >= 15 is 0 Å². The first-order valence-corrected chi connectivity index (χ1v) is 18.6. The van der Waals surface area contributed by atoms with Crippen LogP contribution in [0.1, 0.15) is 87.7 Å². The van der Waals surface area contributed by atoms with Crippen molar-refractivity contribution in [1.82, 2.24) is 4.72 Å². The highest BCUT2D eigenvalue weighted by Crippen LogP contribution is 2.48. The number of methoxy groups -OCH3 is 1. The third-order valence-corrected chi connectivity index (χ3v) is 12.5. The number of nitrogens with one attached hydrogen (secondary N) is 1. The molecule has 1 fully saturated rings. The van der Waals surface area contributed by atoms with Gasteiger partial charge >= 0.3 is 0 Å². The first-order valence-electron chi connectivity index (χ1n) is 16.6. The molecule has 2 aromatic carbocycles. The Morgan fingerprint density at radius 1 is 1.13 bits per heavy atom. The molecule has 0 saturated heterocycles. The molecule has 2 unspecified atom stereocenters. The Bertz CT molecular complexity index is 1580. The highest BCUT2D eigenvalue weighted by atomic mass is 35.5. The molecule has 2 aromatic rings. The number of hydrogen-bond acceptors (Lipinski definition) is 6. The monoisotopic (exact) mass is 668 g/mol. The number of amides is 1. The summed E-state index contributed by atoms with van der Waals surface area (Å²) in [7, 11) is -2.13. The molecule has 7 nitrogen and oxygen atoms in total. The standard InChI is InChI=1S/C37H49ClN2O5S/c1-25(2)17-19-37(44-5)18-8-9-26(3)27(4)46(42,43)39-36(41)29-13-16-35-34(22-29)40(23-30-12-15-33(30)37)20-7-6-10-28-21-32(38)14-11-31(28)24-45-35/h8,11,13-14,16-18,21-22,26-27,30,33H,6-7,9-10,12,15,19-20,23-24H2,1-5H3,(H,39,41)/b18-8+/t26-,27?,30-,33?,37-/m0/s1. The van der Waals surface area contributed by atoms with Crippen LogP contribution in [-0.2, 0) is 27.8 Å². The van der Waals surface area contributed by atoms with E-state index in [1.54, 1.807) is 26.2 Å². The Kier molecular flexibility index (Phi) is 10.9. The Morgan fingerprint density at radius 2 is 1.93 bits per heavy atom. The number of carbonyl (C=O) groups is 1. The molecule has 5 atom stereocenters. The van der Waals surface area contributed by atoms with Gasteiger partial charge in [-0.1, -0.05) is 48.4 Å². The average Bonchev–Trinajstić information content (AvgIpc) is 3.03. The molecule has 2 aliphatic heterocycles. The van der Waals surface area contributed by atoms with E-state index < -0.39 is 26.8 Å². The van der Waals surface area contributed by atoms with Crippen molar-refractivity contribution in [2.75, 3.05) is 25.1 Å². The van der Waals surface area contributed by atoms with E-state index in [1.165, 1.54) is 11.1 Å². The summed E-state index contributed by atoms with van der Waals surface area (Å²) < 4.78 is 42.1. The summed E-state index contributed by atoms with van der Waals surface area (Å²) in [5.74, 6) is 0.489. The first-order chi connectivity index (χ1) is 21.9. The van der Waals surface area contributed by atoms with Gasteiger partial charge in [0.15, 0.2) is 0 Å². The quantitative estimate of drug-likeness (QED) is 0.335. The summed E-state index contributed by atoms with van der Waals surface area (Å²) in [6.45, 7) is 9.73. The van der Waals surface area contributed by atoms with Gasteiger partial charge in [0.2, 0.25) is 10.0 Å². The van der Waals surface area contributed by atoms with E-state index in [9.17, 15) is 13.2 Å². The number of allylic oxidation sites excluding steroid dienone is 2. The number of halogens is 1. The molecule has 1 N–H and O–H groups in total. The molecule has 250 valence electrons. The Hall–Kier alpha value is -2.81. The van der Waals surface area contributed by atoms with Crippen LogP contribution >= 0.6 is 11.6 Å². The molecule has 3 aliphatic rings. The number of fused-ring (bicyclic) bond motifs is 3. The largest absolute Gasteiger partial charge is 0.487 e. The van der Waals surface area contributed by atoms with Crippen LogP contribution in [0.5, 0.6) is 5.75 Å². The smallest absolute Gasteiger partial charge is 0.264 e. The summed E-state index contributed by atoms with van der Waals surface area (Å²) >= 11 is 6.36. The van der Waals surface area contributed by atoms with Crippen LogP contribution < -0.4 is 14.4 Å². The van der Waals surface area contributed by atoms with E-state index in [-0.39, 0.29) is 11.8 Å². The molecule has 9 heteroatoms. The van der Waals surface area contributed by atoms with Crippen molar-refractivity contribution in [3.8, 4) is 5.75 Å². The molecule has 1 amide bonds. The molecule has 1 saturated carbocycles. The van der Waals surface area contributed by atoms with Crippen LogP contribution in [-0.4, -0.2) is 45.4 Å². The number of nitrogens with zero attached hydrogens (tertiary/aromatic N) is 1. The van der Waals surface area contributed by atoms with E-state index in [0.717, 1.165) is 62.9 Å². The second-order valence-corrected chi connectivity index (χ2v) is 16.1. The van der Waals surface area contributed by atoms with Gasteiger partial charge in [-0.05, 0) is 125 Å². The maximum atomic E-state index is 13.5. The second-order valence-electron chi connectivity index (χ2n) is 13.7. The van der Waals surface area contributed by atoms with Crippen molar-refractivity contribution in [3.05, 3.63) is 81.9 Å². The number of aryl methyl sites for hydroxylation is 1. The normalized spacial score (nSPS) is 29.0. The van der Waals surface area contributed by atoms with Gasteiger partial charge in [-0.3, -0.25) is 4.79 Å². The lowest BCUT2D eigenvalue weighted by Gasteiger charge is -2.50. The summed E-state index contributed by atoms with van der Waals surface area (Å²) in [5.41, 5.74) is 4.13. The molecule has 2 bridgehead atoms. The maximum Gasteiger partial charge on any atom is 0.264 e. The molecule has 1 aliphatic carbocycles. The van der Waals surface area contributed by atoms with Crippen molar-refractivity contribution in [1.29, 1.82) is 0 Å². The molecule has 46 heavy (non-hydrogen) atoms.